The van der Waals surface area contributed by atoms with Crippen LogP contribution in [0.3, 0.4) is 0 Å². The molecular formula is C24H25NO. The molecule has 0 spiro atoms. The second-order valence-electron chi connectivity index (χ2n) is 6.71. The minimum absolute atomic E-state index is 0.0615. The van der Waals surface area contributed by atoms with Gasteiger partial charge in [0.2, 0.25) is 0 Å². The number of carbonyl (C=O) groups excluding carboxylic acids is 1. The summed E-state index contributed by atoms with van der Waals surface area (Å²) in [4.78, 5) is 14.8. The minimum Gasteiger partial charge on any atom is -0.302 e. The van der Waals surface area contributed by atoms with E-state index in [1.54, 1.807) is 0 Å². The molecule has 132 valence electrons. The van der Waals surface area contributed by atoms with Crippen molar-refractivity contribution < 1.29 is 4.79 Å². The van der Waals surface area contributed by atoms with Gasteiger partial charge in [0.15, 0.2) is 5.78 Å². The van der Waals surface area contributed by atoms with E-state index in [0.29, 0.717) is 0 Å². The van der Waals surface area contributed by atoms with E-state index in [0.717, 1.165) is 29.8 Å². The zero-order valence-corrected chi connectivity index (χ0v) is 15.5. The van der Waals surface area contributed by atoms with Crippen LogP contribution in [0, 0.1) is 0 Å². The summed E-state index contributed by atoms with van der Waals surface area (Å²) < 4.78 is 0. The smallest absolute Gasteiger partial charge is 0.193 e. The number of hydrogen-bond acceptors (Lipinski definition) is 2. The van der Waals surface area contributed by atoms with Crippen molar-refractivity contribution in [2.45, 2.75) is 19.9 Å². The van der Waals surface area contributed by atoms with Gasteiger partial charge in [-0.3, -0.25) is 4.79 Å². The number of rotatable bonds is 7. The number of nitrogens with zero attached hydrogens (tertiary/aromatic N) is 1. The lowest BCUT2D eigenvalue weighted by Gasteiger charge is -2.15. The summed E-state index contributed by atoms with van der Waals surface area (Å²) in [7, 11) is 2.15. The molecule has 2 heteroatoms. The van der Waals surface area contributed by atoms with Crippen LogP contribution in [0.5, 0.6) is 0 Å². The van der Waals surface area contributed by atoms with Crippen molar-refractivity contribution in [1.82, 2.24) is 4.90 Å². The highest BCUT2D eigenvalue weighted by molar-refractivity contribution is 6.09. The van der Waals surface area contributed by atoms with Gasteiger partial charge in [-0.15, -0.1) is 0 Å². The lowest BCUT2D eigenvalue weighted by molar-refractivity contribution is 0.103. The topological polar surface area (TPSA) is 20.3 Å². The fourth-order valence-electron chi connectivity index (χ4n) is 3.15. The summed E-state index contributed by atoms with van der Waals surface area (Å²) in [6, 6.07) is 26.0. The van der Waals surface area contributed by atoms with Gasteiger partial charge in [-0.2, -0.15) is 0 Å². The molecule has 0 saturated heterocycles. The molecule has 0 aromatic heterocycles. The first-order valence-electron chi connectivity index (χ1n) is 9.15. The molecule has 0 unspecified atom stereocenters. The largest absolute Gasteiger partial charge is 0.302 e. The summed E-state index contributed by atoms with van der Waals surface area (Å²) in [5.41, 5.74) is 5.06. The third-order valence-electron chi connectivity index (χ3n) is 4.53. The van der Waals surface area contributed by atoms with Gasteiger partial charge < -0.3 is 4.90 Å². The quantitative estimate of drug-likeness (QED) is 0.533. The van der Waals surface area contributed by atoms with Crippen LogP contribution in [-0.2, 0) is 6.54 Å². The molecule has 0 fully saturated rings. The molecule has 0 aliphatic rings. The van der Waals surface area contributed by atoms with Gasteiger partial charge in [0.25, 0.3) is 0 Å². The number of ketones is 1. The van der Waals surface area contributed by atoms with Crippen LogP contribution in [0.4, 0.5) is 0 Å². The van der Waals surface area contributed by atoms with Crippen molar-refractivity contribution in [2.75, 3.05) is 13.6 Å². The van der Waals surface area contributed by atoms with Gasteiger partial charge in [0.05, 0.1) is 0 Å². The lowest BCUT2D eigenvalue weighted by atomic mass is 9.99. The second-order valence-corrected chi connectivity index (χ2v) is 6.71. The van der Waals surface area contributed by atoms with E-state index in [-0.39, 0.29) is 5.78 Å². The number of hydrogen-bond donors (Lipinski definition) is 0. The third-order valence-corrected chi connectivity index (χ3v) is 4.53. The molecule has 0 heterocycles. The molecule has 2 nitrogen and oxygen atoms in total. The maximum Gasteiger partial charge on any atom is 0.193 e. The fraction of sp³-hybridized carbons (Fsp3) is 0.208. The first-order chi connectivity index (χ1) is 12.7. The van der Waals surface area contributed by atoms with Crippen LogP contribution in [0.25, 0.3) is 11.1 Å². The van der Waals surface area contributed by atoms with Crippen molar-refractivity contribution in [2.24, 2.45) is 0 Å². The van der Waals surface area contributed by atoms with Crippen molar-refractivity contribution in [1.29, 1.82) is 0 Å². The Hall–Kier alpha value is -2.71. The van der Waals surface area contributed by atoms with Crippen LogP contribution in [-0.4, -0.2) is 24.3 Å². The molecule has 3 rings (SSSR count). The Morgan fingerprint density at radius 3 is 1.88 bits per heavy atom. The van der Waals surface area contributed by atoms with Gasteiger partial charge >= 0.3 is 0 Å². The van der Waals surface area contributed by atoms with Gasteiger partial charge in [-0.05, 0) is 36.7 Å². The zero-order valence-electron chi connectivity index (χ0n) is 15.5. The van der Waals surface area contributed by atoms with E-state index < -0.39 is 0 Å². The minimum atomic E-state index is 0.0615. The van der Waals surface area contributed by atoms with Crippen molar-refractivity contribution in [3.8, 4) is 11.1 Å². The predicted octanol–water partition coefficient (Wildman–Crippen LogP) is 5.43. The summed E-state index contributed by atoms with van der Waals surface area (Å²) in [5.74, 6) is 0.0615. The number of carbonyl (C=O) groups is 1. The standard InChI is InChI=1S/C24H25NO/c1-3-17-25(2)18-19-9-11-20(12-10-19)21-13-15-23(16-14-21)24(26)22-7-5-4-6-8-22/h4-16H,3,17-18H2,1-2H3. The molecule has 3 aromatic carbocycles. The molecule has 0 aliphatic carbocycles. The van der Waals surface area contributed by atoms with Gasteiger partial charge in [0.1, 0.15) is 0 Å². The molecule has 26 heavy (non-hydrogen) atoms. The van der Waals surface area contributed by atoms with Crippen molar-refractivity contribution >= 4 is 5.78 Å². The summed E-state index contributed by atoms with van der Waals surface area (Å²) in [6.07, 6.45) is 1.17. The van der Waals surface area contributed by atoms with E-state index in [2.05, 4.69) is 43.1 Å². The SMILES string of the molecule is CCCN(C)Cc1ccc(-c2ccc(C(=O)c3ccccc3)cc2)cc1. The molecule has 0 radical (unpaired) electrons. The Labute approximate surface area is 156 Å². The predicted molar refractivity (Wildman–Crippen MR) is 108 cm³/mol. The lowest BCUT2D eigenvalue weighted by Crippen LogP contribution is -2.18. The van der Waals surface area contributed by atoms with E-state index in [1.807, 2.05) is 54.6 Å². The van der Waals surface area contributed by atoms with Crippen LogP contribution in [0.15, 0.2) is 78.9 Å². The molecule has 0 aliphatic heterocycles. The number of benzene rings is 3. The molecule has 0 N–H and O–H groups in total. The van der Waals surface area contributed by atoms with Crippen LogP contribution < -0.4 is 0 Å². The fourth-order valence-corrected chi connectivity index (χ4v) is 3.15. The molecule has 0 amide bonds. The Morgan fingerprint density at radius 1 is 0.769 bits per heavy atom. The Morgan fingerprint density at radius 2 is 1.31 bits per heavy atom. The maximum absolute atomic E-state index is 12.5. The first-order valence-corrected chi connectivity index (χ1v) is 9.15. The highest BCUT2D eigenvalue weighted by atomic mass is 16.1. The molecule has 0 atom stereocenters. The molecule has 0 saturated carbocycles. The Kier molecular flexibility index (Phi) is 5.98. The third kappa shape index (κ3) is 4.47. The monoisotopic (exact) mass is 343 g/mol. The van der Waals surface area contributed by atoms with Crippen LogP contribution in [0.2, 0.25) is 0 Å². The van der Waals surface area contributed by atoms with Crippen LogP contribution >= 0.6 is 0 Å². The van der Waals surface area contributed by atoms with Gasteiger partial charge in [-0.25, -0.2) is 0 Å². The van der Waals surface area contributed by atoms with Crippen molar-refractivity contribution in [3.63, 3.8) is 0 Å². The second kappa shape index (κ2) is 8.59. The molecule has 0 bridgehead atoms. The first kappa shape index (κ1) is 18.1. The molecular weight excluding hydrogens is 318 g/mol. The van der Waals surface area contributed by atoms with Crippen molar-refractivity contribution in [3.05, 3.63) is 95.6 Å². The Bertz CT molecular complexity index is 836. The average molecular weight is 343 g/mol. The molecule has 3 aromatic rings. The highest BCUT2D eigenvalue weighted by Crippen LogP contribution is 2.22. The van der Waals surface area contributed by atoms with E-state index >= 15 is 0 Å². The summed E-state index contributed by atoms with van der Waals surface area (Å²) >= 11 is 0. The van der Waals surface area contributed by atoms with Gasteiger partial charge in [0, 0.05) is 17.7 Å². The zero-order chi connectivity index (χ0) is 18.4. The van der Waals surface area contributed by atoms with E-state index in [4.69, 9.17) is 0 Å². The highest BCUT2D eigenvalue weighted by Gasteiger charge is 2.08. The summed E-state index contributed by atoms with van der Waals surface area (Å²) in [6.45, 7) is 4.28. The maximum atomic E-state index is 12.5. The Balaban J connectivity index is 1.71. The average Bonchev–Trinajstić information content (AvgIpc) is 2.69. The van der Waals surface area contributed by atoms with Gasteiger partial charge in [-0.1, -0.05) is 85.8 Å². The van der Waals surface area contributed by atoms with E-state index in [1.165, 1.54) is 17.5 Å². The normalized spacial score (nSPS) is 10.9. The van der Waals surface area contributed by atoms with E-state index in [9.17, 15) is 4.79 Å². The summed E-state index contributed by atoms with van der Waals surface area (Å²) in [5, 5.41) is 0. The van der Waals surface area contributed by atoms with Crippen LogP contribution in [0.1, 0.15) is 34.8 Å².